The molecule has 4 rings (SSSR count). The number of aliphatic carboxylic acids is 4. The summed E-state index contributed by atoms with van der Waals surface area (Å²) in [5.41, 5.74) is 6.97. The fraction of sp³-hybridized carbons (Fsp3) is 0.459. The molecule has 8 N–H and O–H groups in total. The van der Waals surface area contributed by atoms with Crippen molar-refractivity contribution >= 4 is 82.9 Å². The molecule has 0 heterocycles. The van der Waals surface area contributed by atoms with Crippen LogP contribution in [0.25, 0.3) is 32.3 Å². The Balaban J connectivity index is 1.76. The number of carboxylic acid groups (broad SMARTS) is 4. The quantitative estimate of drug-likeness (QED) is 0.0285. The largest absolute Gasteiger partial charge is 0.493 e. The van der Waals surface area contributed by atoms with Crippen LogP contribution in [0.2, 0.25) is 0 Å². The van der Waals surface area contributed by atoms with E-state index in [2.05, 4.69) is 10.6 Å². The third-order valence-corrected chi connectivity index (χ3v) is 12.8. The summed E-state index contributed by atoms with van der Waals surface area (Å²) in [7, 11) is 0.568. The number of hydrogen-bond acceptors (Lipinski definition) is 12. The normalized spacial score (nSPS) is 13.9. The van der Waals surface area contributed by atoms with Crippen LogP contribution in [0.5, 0.6) is 5.75 Å². The molecular weight excluding hydrogens is 785 g/mol. The number of carboxylic acids is 4. The summed E-state index contributed by atoms with van der Waals surface area (Å²) in [5.74, 6) is -4.74. The number of rotatable bonds is 25. The SMILES string of the molecule is CN(C)CCCOc1cc(N)c2ccc3c(S(=O)N(C)CCCNC(CC(=O)O)C(=O)O)cc(S(=O)(=O)N(C)CCCNC(CC(=O)O)C(=O)O)c4ccc1c2c34. The van der Waals surface area contributed by atoms with Gasteiger partial charge >= 0.3 is 23.9 Å². The smallest absolute Gasteiger partial charge is 0.321 e. The number of carbonyl (C=O) groups is 4. The summed E-state index contributed by atoms with van der Waals surface area (Å²) in [6.07, 6.45) is -0.126. The highest BCUT2D eigenvalue weighted by atomic mass is 32.2. The van der Waals surface area contributed by atoms with E-state index in [1.807, 2.05) is 19.0 Å². The number of nitrogens with two attached hydrogens (primary N) is 1. The van der Waals surface area contributed by atoms with E-state index in [1.54, 1.807) is 37.4 Å². The minimum atomic E-state index is -4.31. The van der Waals surface area contributed by atoms with Crippen molar-refractivity contribution < 1.29 is 57.0 Å². The van der Waals surface area contributed by atoms with E-state index in [1.165, 1.54) is 17.4 Å². The highest BCUT2D eigenvalue weighted by Gasteiger charge is 2.30. The summed E-state index contributed by atoms with van der Waals surface area (Å²) in [4.78, 5) is 47.2. The van der Waals surface area contributed by atoms with Gasteiger partial charge in [0.1, 0.15) is 28.8 Å². The van der Waals surface area contributed by atoms with Gasteiger partial charge in [-0.2, -0.15) is 0 Å². The van der Waals surface area contributed by atoms with Crippen molar-refractivity contribution in [3.63, 3.8) is 0 Å². The number of anilines is 1. The molecule has 4 aromatic carbocycles. The molecule has 0 saturated heterocycles. The van der Waals surface area contributed by atoms with Crippen LogP contribution in [0.3, 0.4) is 0 Å². The number of hydrogen-bond donors (Lipinski definition) is 7. The second kappa shape index (κ2) is 19.6. The number of sulfonamides is 1. The van der Waals surface area contributed by atoms with Crippen LogP contribution in [0.1, 0.15) is 32.1 Å². The number of ether oxygens (including phenoxy) is 1. The van der Waals surface area contributed by atoms with Crippen LogP contribution >= 0.6 is 0 Å². The Morgan fingerprint density at radius 2 is 1.28 bits per heavy atom. The van der Waals surface area contributed by atoms with Crippen molar-refractivity contribution in [2.24, 2.45) is 0 Å². The summed E-state index contributed by atoms with van der Waals surface area (Å²) in [5, 5.41) is 45.4. The van der Waals surface area contributed by atoms with Gasteiger partial charge in [-0.05, 0) is 58.6 Å². The molecule has 3 unspecified atom stereocenters. The van der Waals surface area contributed by atoms with E-state index in [9.17, 15) is 42.0 Å². The Morgan fingerprint density at radius 1 is 0.754 bits per heavy atom. The number of benzene rings is 4. The minimum absolute atomic E-state index is 0.0115. The zero-order valence-electron chi connectivity index (χ0n) is 32.2. The second-order valence-corrected chi connectivity index (χ2v) is 17.5. The Bertz CT molecular complexity index is 2240. The molecular formula is C37H50N6O12S2. The Kier molecular flexibility index (Phi) is 15.5. The van der Waals surface area contributed by atoms with Crippen molar-refractivity contribution in [3.05, 3.63) is 36.4 Å². The lowest BCUT2D eigenvalue weighted by atomic mass is 9.93. The standard InChI is InChI=1S/C37H50N6O12S2/c1-41(2)14-7-17-55-29-18-26(38)22-8-10-24-30(56(52)42(3)15-5-12-39-27(36(48)49)19-32(44)45)21-31(25-11-9-23(29)34(22)35(24)25)57(53,54)43(4)16-6-13-40-28(37(50)51)20-33(46)47/h8-11,18,21,27-28,39-40H,5-7,12-17,19-20,38H2,1-4H3,(H,44,45)(H,46,47)(H,48,49)(H,50,51). The van der Waals surface area contributed by atoms with Crippen LogP contribution in [0.4, 0.5) is 5.69 Å². The van der Waals surface area contributed by atoms with Gasteiger partial charge in [0, 0.05) is 77.8 Å². The van der Waals surface area contributed by atoms with Crippen LogP contribution < -0.4 is 21.1 Å². The first-order valence-corrected chi connectivity index (χ1v) is 20.7. The number of nitrogens with zero attached hydrogens (tertiary/aromatic N) is 3. The van der Waals surface area contributed by atoms with Crippen molar-refractivity contribution in [1.29, 1.82) is 0 Å². The van der Waals surface area contributed by atoms with Gasteiger partial charge in [-0.25, -0.2) is 21.2 Å². The molecule has 18 nitrogen and oxygen atoms in total. The molecule has 0 radical (unpaired) electrons. The van der Waals surface area contributed by atoms with Crippen molar-refractivity contribution in [2.75, 3.05) is 73.3 Å². The summed E-state index contributed by atoms with van der Waals surface area (Å²) in [6, 6.07) is 7.42. The second-order valence-electron chi connectivity index (χ2n) is 13.9. The molecule has 0 spiro atoms. The Morgan fingerprint density at radius 3 is 1.84 bits per heavy atom. The molecule has 4 aromatic rings. The van der Waals surface area contributed by atoms with Crippen LogP contribution in [0.15, 0.2) is 46.2 Å². The predicted molar refractivity (Wildman–Crippen MR) is 215 cm³/mol. The van der Waals surface area contributed by atoms with E-state index in [-0.39, 0.29) is 48.8 Å². The maximum absolute atomic E-state index is 14.4. The highest BCUT2D eigenvalue weighted by Crippen LogP contribution is 2.45. The van der Waals surface area contributed by atoms with Crippen LogP contribution in [-0.4, -0.2) is 150 Å². The van der Waals surface area contributed by atoms with E-state index >= 15 is 0 Å². The van der Waals surface area contributed by atoms with Gasteiger partial charge in [-0.1, -0.05) is 18.2 Å². The molecule has 312 valence electrons. The third-order valence-electron chi connectivity index (χ3n) is 9.42. The molecule has 0 aliphatic rings. The third kappa shape index (κ3) is 11.0. The Labute approximate surface area is 332 Å². The molecule has 57 heavy (non-hydrogen) atoms. The fourth-order valence-electron chi connectivity index (χ4n) is 6.50. The Hall–Kier alpha value is -4.70. The molecule has 3 atom stereocenters. The lowest BCUT2D eigenvalue weighted by Gasteiger charge is -2.24. The zero-order chi connectivity index (χ0) is 42.2. The van der Waals surface area contributed by atoms with Gasteiger partial charge in [0.2, 0.25) is 10.0 Å². The lowest BCUT2D eigenvalue weighted by Crippen LogP contribution is -2.40. The first-order valence-electron chi connectivity index (χ1n) is 18.1. The average Bonchev–Trinajstić information content (AvgIpc) is 3.14. The van der Waals surface area contributed by atoms with Gasteiger partial charge in [0.05, 0.1) is 29.2 Å². The van der Waals surface area contributed by atoms with E-state index in [0.29, 0.717) is 50.4 Å². The van der Waals surface area contributed by atoms with Gasteiger partial charge in [-0.15, -0.1) is 0 Å². The van der Waals surface area contributed by atoms with Gasteiger partial charge < -0.3 is 46.4 Å². The number of nitrogen functional groups attached to an aromatic ring is 1. The van der Waals surface area contributed by atoms with Gasteiger partial charge in [0.15, 0.2) is 0 Å². The van der Waals surface area contributed by atoms with Crippen molar-refractivity contribution in [3.8, 4) is 5.75 Å². The molecule has 0 saturated carbocycles. The van der Waals surface area contributed by atoms with Crippen LogP contribution in [-0.2, 0) is 40.2 Å². The fourth-order valence-corrected chi connectivity index (χ4v) is 9.20. The average molecular weight is 835 g/mol. The molecule has 0 aliphatic heterocycles. The maximum Gasteiger partial charge on any atom is 0.321 e. The number of nitrogens with one attached hydrogen (secondary N) is 2. The molecule has 0 aromatic heterocycles. The van der Waals surface area contributed by atoms with Gasteiger partial charge in [-0.3, -0.25) is 19.2 Å². The van der Waals surface area contributed by atoms with Gasteiger partial charge in [0.25, 0.3) is 0 Å². The summed E-state index contributed by atoms with van der Waals surface area (Å²) >= 11 is 0. The predicted octanol–water partition coefficient (Wildman–Crippen LogP) is 1.89. The minimum Gasteiger partial charge on any atom is -0.493 e. The molecule has 0 bridgehead atoms. The highest BCUT2D eigenvalue weighted by molar-refractivity contribution is 7.89. The topological polar surface area (TPSA) is 269 Å². The summed E-state index contributed by atoms with van der Waals surface area (Å²) in [6.45, 7) is 1.38. The van der Waals surface area contributed by atoms with Crippen LogP contribution in [0, 0.1) is 0 Å². The summed E-state index contributed by atoms with van der Waals surface area (Å²) < 4.78 is 52.1. The van der Waals surface area contributed by atoms with Crippen molar-refractivity contribution in [1.82, 2.24) is 24.1 Å². The van der Waals surface area contributed by atoms with E-state index < -0.39 is 69.8 Å². The molecule has 0 fully saturated rings. The van der Waals surface area contributed by atoms with E-state index in [0.717, 1.165) is 17.3 Å². The van der Waals surface area contributed by atoms with E-state index in [4.69, 9.17) is 20.7 Å². The lowest BCUT2D eigenvalue weighted by molar-refractivity contribution is -0.145. The molecule has 0 amide bonds. The first-order chi connectivity index (χ1) is 26.8. The zero-order valence-corrected chi connectivity index (χ0v) is 33.8. The molecule has 0 aliphatic carbocycles. The van der Waals surface area contributed by atoms with Crippen molar-refractivity contribution in [2.45, 2.75) is 54.0 Å². The molecule has 20 heteroatoms. The first kappa shape index (κ1) is 45.0. The monoisotopic (exact) mass is 834 g/mol. The maximum atomic E-state index is 14.4.